The van der Waals surface area contributed by atoms with Crippen LogP contribution in [0.2, 0.25) is 0 Å². The van der Waals surface area contributed by atoms with Gasteiger partial charge >= 0.3 is 5.97 Å². The number of ether oxygens (including phenoxy) is 4. The van der Waals surface area contributed by atoms with Gasteiger partial charge in [0.25, 0.3) is 0 Å². The normalized spacial score (nSPS) is 16.5. The summed E-state index contributed by atoms with van der Waals surface area (Å²) in [5.74, 6) is 1.48. The lowest BCUT2D eigenvalue weighted by Gasteiger charge is -2.32. The van der Waals surface area contributed by atoms with Crippen molar-refractivity contribution in [3.63, 3.8) is 0 Å². The molecule has 2 atom stereocenters. The van der Waals surface area contributed by atoms with E-state index in [0.29, 0.717) is 36.8 Å². The van der Waals surface area contributed by atoms with Crippen molar-refractivity contribution < 1.29 is 28.8 Å². The Labute approximate surface area is 205 Å². The zero-order valence-electron chi connectivity index (χ0n) is 20.3. The number of benzene rings is 3. The first-order chi connectivity index (χ1) is 17.0. The van der Waals surface area contributed by atoms with Crippen LogP contribution >= 0.6 is 0 Å². The Balaban J connectivity index is 1.76. The highest BCUT2D eigenvalue weighted by atomic mass is 16.5. The van der Waals surface area contributed by atoms with Gasteiger partial charge in [-0.1, -0.05) is 42.5 Å². The quantitative estimate of drug-likeness (QED) is 0.444. The Morgan fingerprint density at radius 3 is 2.17 bits per heavy atom. The second kappa shape index (κ2) is 11.1. The Bertz CT molecular complexity index is 1110. The molecule has 0 aliphatic carbocycles. The number of rotatable bonds is 10. The summed E-state index contributed by atoms with van der Waals surface area (Å²) in [6.07, 6.45) is 1.42. The van der Waals surface area contributed by atoms with E-state index in [0.717, 1.165) is 28.9 Å². The molecule has 1 saturated heterocycles. The molecule has 2 unspecified atom stereocenters. The van der Waals surface area contributed by atoms with Crippen molar-refractivity contribution >= 4 is 5.97 Å². The maximum absolute atomic E-state index is 12.1. The van der Waals surface area contributed by atoms with Crippen LogP contribution in [0.5, 0.6) is 23.0 Å². The van der Waals surface area contributed by atoms with Gasteiger partial charge in [-0.2, -0.15) is 0 Å². The molecule has 0 spiro atoms. The number of methoxy groups -OCH3 is 3. The van der Waals surface area contributed by atoms with Gasteiger partial charge < -0.3 is 24.1 Å². The molecule has 1 aliphatic rings. The minimum absolute atomic E-state index is 0.310. The van der Waals surface area contributed by atoms with Crippen LogP contribution in [0, 0.1) is 0 Å². The van der Waals surface area contributed by atoms with Gasteiger partial charge in [-0.25, -0.2) is 0 Å². The predicted octanol–water partition coefficient (Wildman–Crippen LogP) is 4.93. The van der Waals surface area contributed by atoms with E-state index in [2.05, 4.69) is 0 Å². The highest BCUT2D eigenvalue weighted by Gasteiger charge is 2.37. The molecule has 7 nitrogen and oxygen atoms in total. The number of carbonyl (C=O) groups is 1. The molecule has 1 fully saturated rings. The van der Waals surface area contributed by atoms with Crippen molar-refractivity contribution in [3.05, 3.63) is 83.4 Å². The Morgan fingerprint density at radius 2 is 1.60 bits per heavy atom. The SMILES string of the molecule is COc1ccc(C(c2cc(OC)c(OCc3ccccc3)c(OC)c2)N2CCCC2C(=O)O)cc1. The Morgan fingerprint density at radius 1 is 0.943 bits per heavy atom. The molecule has 0 bridgehead atoms. The fraction of sp³-hybridized carbons (Fsp3) is 0.321. The van der Waals surface area contributed by atoms with Crippen molar-refractivity contribution in [3.8, 4) is 23.0 Å². The summed E-state index contributed by atoms with van der Waals surface area (Å²) < 4.78 is 22.9. The summed E-state index contributed by atoms with van der Waals surface area (Å²) in [7, 11) is 4.80. The lowest BCUT2D eigenvalue weighted by molar-refractivity contribution is -0.142. The third-order valence-electron chi connectivity index (χ3n) is 6.37. The summed E-state index contributed by atoms with van der Waals surface area (Å²) in [5.41, 5.74) is 2.85. The predicted molar refractivity (Wildman–Crippen MR) is 133 cm³/mol. The lowest BCUT2D eigenvalue weighted by atomic mass is 9.95. The second-order valence-corrected chi connectivity index (χ2v) is 8.44. The fourth-order valence-electron chi connectivity index (χ4n) is 4.65. The maximum Gasteiger partial charge on any atom is 0.320 e. The first-order valence-electron chi connectivity index (χ1n) is 11.6. The molecule has 1 aliphatic heterocycles. The standard InChI is InChI=1S/C28H31NO6/c1-32-22-13-11-20(12-14-22)26(29-15-7-10-23(29)28(30)31)21-16-24(33-2)27(25(17-21)34-3)35-18-19-8-5-4-6-9-19/h4-6,8-9,11-14,16-17,23,26H,7,10,15,18H2,1-3H3,(H,30,31). The van der Waals surface area contributed by atoms with Crippen LogP contribution in [0.3, 0.4) is 0 Å². The number of hydrogen-bond acceptors (Lipinski definition) is 6. The van der Waals surface area contributed by atoms with E-state index >= 15 is 0 Å². The molecule has 0 saturated carbocycles. The first-order valence-corrected chi connectivity index (χ1v) is 11.6. The van der Waals surface area contributed by atoms with Crippen molar-refractivity contribution in [1.82, 2.24) is 4.90 Å². The zero-order chi connectivity index (χ0) is 24.8. The third kappa shape index (κ3) is 5.35. The molecule has 0 radical (unpaired) electrons. The number of likely N-dealkylation sites (tertiary alicyclic amines) is 1. The van der Waals surface area contributed by atoms with Crippen LogP contribution in [0.15, 0.2) is 66.7 Å². The van der Waals surface area contributed by atoms with E-state index in [1.165, 1.54) is 0 Å². The molecule has 1 heterocycles. The molecular weight excluding hydrogens is 446 g/mol. The zero-order valence-corrected chi connectivity index (χ0v) is 20.3. The number of aliphatic carboxylic acids is 1. The van der Waals surface area contributed by atoms with Gasteiger partial charge in [-0.05, 0) is 53.8 Å². The summed E-state index contributed by atoms with van der Waals surface area (Å²) in [4.78, 5) is 14.1. The minimum Gasteiger partial charge on any atom is -0.497 e. The molecule has 3 aromatic carbocycles. The average Bonchev–Trinajstić information content (AvgIpc) is 3.38. The summed E-state index contributed by atoms with van der Waals surface area (Å²) >= 11 is 0. The number of carboxylic acid groups (broad SMARTS) is 1. The van der Waals surface area contributed by atoms with Crippen LogP contribution in [-0.4, -0.2) is 49.9 Å². The van der Waals surface area contributed by atoms with E-state index in [4.69, 9.17) is 18.9 Å². The molecule has 0 amide bonds. The minimum atomic E-state index is -0.817. The second-order valence-electron chi connectivity index (χ2n) is 8.44. The molecule has 35 heavy (non-hydrogen) atoms. The van der Waals surface area contributed by atoms with E-state index in [-0.39, 0.29) is 6.04 Å². The number of carboxylic acids is 1. The molecule has 184 valence electrons. The maximum atomic E-state index is 12.1. The van der Waals surface area contributed by atoms with E-state index < -0.39 is 12.0 Å². The summed E-state index contributed by atoms with van der Waals surface area (Å²) in [5, 5.41) is 9.90. The highest BCUT2D eigenvalue weighted by molar-refractivity contribution is 5.74. The average molecular weight is 478 g/mol. The molecular formula is C28H31NO6. The fourth-order valence-corrected chi connectivity index (χ4v) is 4.65. The van der Waals surface area contributed by atoms with Crippen LogP contribution in [0.1, 0.15) is 35.6 Å². The molecule has 3 aromatic rings. The van der Waals surface area contributed by atoms with Gasteiger partial charge in [0.15, 0.2) is 11.5 Å². The van der Waals surface area contributed by atoms with Crippen molar-refractivity contribution in [1.29, 1.82) is 0 Å². The van der Waals surface area contributed by atoms with E-state index in [9.17, 15) is 9.90 Å². The van der Waals surface area contributed by atoms with E-state index in [1.54, 1.807) is 21.3 Å². The summed E-state index contributed by atoms with van der Waals surface area (Å²) in [6.45, 7) is 1.03. The topological polar surface area (TPSA) is 77.5 Å². The molecule has 4 rings (SSSR count). The van der Waals surface area contributed by atoms with Gasteiger partial charge in [-0.15, -0.1) is 0 Å². The highest BCUT2D eigenvalue weighted by Crippen LogP contribution is 2.44. The third-order valence-corrected chi connectivity index (χ3v) is 6.37. The van der Waals surface area contributed by atoms with E-state index in [1.807, 2.05) is 71.6 Å². The smallest absolute Gasteiger partial charge is 0.320 e. The van der Waals surface area contributed by atoms with Crippen LogP contribution in [0.4, 0.5) is 0 Å². The number of nitrogens with zero attached hydrogens (tertiary/aromatic N) is 1. The van der Waals surface area contributed by atoms with Crippen LogP contribution in [-0.2, 0) is 11.4 Å². The Kier molecular flexibility index (Phi) is 7.77. The largest absolute Gasteiger partial charge is 0.497 e. The lowest BCUT2D eigenvalue weighted by Crippen LogP contribution is -2.39. The monoisotopic (exact) mass is 477 g/mol. The van der Waals surface area contributed by atoms with Crippen LogP contribution < -0.4 is 18.9 Å². The van der Waals surface area contributed by atoms with Gasteiger partial charge in [-0.3, -0.25) is 9.69 Å². The molecule has 0 aromatic heterocycles. The van der Waals surface area contributed by atoms with Crippen molar-refractivity contribution in [2.75, 3.05) is 27.9 Å². The molecule has 7 heteroatoms. The first kappa shape index (κ1) is 24.4. The Hall–Kier alpha value is -3.71. The number of hydrogen-bond donors (Lipinski definition) is 1. The molecule has 1 N–H and O–H groups in total. The summed E-state index contributed by atoms with van der Waals surface area (Å²) in [6, 6.07) is 20.5. The van der Waals surface area contributed by atoms with Crippen molar-refractivity contribution in [2.24, 2.45) is 0 Å². The van der Waals surface area contributed by atoms with Gasteiger partial charge in [0.05, 0.1) is 27.4 Å². The van der Waals surface area contributed by atoms with Gasteiger partial charge in [0, 0.05) is 6.54 Å². The van der Waals surface area contributed by atoms with Gasteiger partial charge in [0.2, 0.25) is 5.75 Å². The van der Waals surface area contributed by atoms with Gasteiger partial charge in [0.1, 0.15) is 18.4 Å². The van der Waals surface area contributed by atoms with Crippen LogP contribution in [0.25, 0.3) is 0 Å². The van der Waals surface area contributed by atoms with Crippen molar-refractivity contribution in [2.45, 2.75) is 31.5 Å².